The quantitative estimate of drug-likeness (QED) is 0.655. The van der Waals surface area contributed by atoms with Crippen LogP contribution in [0.1, 0.15) is 66.1 Å². The van der Waals surface area contributed by atoms with Gasteiger partial charge in [-0.3, -0.25) is 0 Å². The molecule has 0 bridgehead atoms. The predicted molar refractivity (Wildman–Crippen MR) is 83.8 cm³/mol. The van der Waals surface area contributed by atoms with E-state index in [-0.39, 0.29) is 0 Å². The van der Waals surface area contributed by atoms with Crippen molar-refractivity contribution >= 4 is 0 Å². The summed E-state index contributed by atoms with van der Waals surface area (Å²) in [5.74, 6) is 0.822. The Morgan fingerprint density at radius 3 is 1.56 bits per heavy atom. The highest BCUT2D eigenvalue weighted by molar-refractivity contribution is 4.83. The van der Waals surface area contributed by atoms with Crippen molar-refractivity contribution < 1.29 is 0 Å². The van der Waals surface area contributed by atoms with Crippen molar-refractivity contribution in [2.45, 2.75) is 67.2 Å². The van der Waals surface area contributed by atoms with Crippen LogP contribution in [0.3, 0.4) is 0 Å². The van der Waals surface area contributed by atoms with Gasteiger partial charge >= 0.3 is 0 Å². The number of nitrogens with zero attached hydrogens (tertiary/aromatic N) is 2. The van der Waals surface area contributed by atoms with E-state index in [2.05, 4.69) is 37.3 Å². The molecule has 0 atom stereocenters. The maximum absolute atomic E-state index is 3.87. The van der Waals surface area contributed by atoms with Gasteiger partial charge in [0.25, 0.3) is 0 Å². The maximum atomic E-state index is 3.87. The van der Waals surface area contributed by atoms with Crippen LogP contribution in [0.2, 0.25) is 0 Å². The lowest BCUT2D eigenvalue weighted by Crippen LogP contribution is -1.80. The summed E-state index contributed by atoms with van der Waals surface area (Å²) in [6.07, 6.45) is 10.4. The summed E-state index contributed by atoms with van der Waals surface area (Å²) in [5, 5.41) is 0. The molecule has 0 aliphatic rings. The van der Waals surface area contributed by atoms with E-state index in [0.29, 0.717) is 0 Å². The SMILES string of the molecule is C=CCCC.CC.CCCC.Cc1ncccn1. The molecule has 18 heavy (non-hydrogen) atoms. The van der Waals surface area contributed by atoms with Crippen molar-refractivity contribution in [3.05, 3.63) is 36.9 Å². The second-order valence-corrected chi connectivity index (χ2v) is 3.37. The van der Waals surface area contributed by atoms with Crippen LogP contribution in [0.4, 0.5) is 0 Å². The van der Waals surface area contributed by atoms with E-state index in [0.717, 1.165) is 12.2 Å². The zero-order chi connectivity index (χ0) is 14.6. The molecular formula is C16H32N2. The fraction of sp³-hybridized carbons (Fsp3) is 0.625. The normalized spacial score (nSPS) is 7.44. The van der Waals surface area contributed by atoms with Gasteiger partial charge in [0.2, 0.25) is 0 Å². The van der Waals surface area contributed by atoms with Gasteiger partial charge in [-0.1, -0.05) is 60.0 Å². The summed E-state index contributed by atoms with van der Waals surface area (Å²) in [6, 6.07) is 1.80. The van der Waals surface area contributed by atoms with Crippen LogP contribution in [0.25, 0.3) is 0 Å². The van der Waals surface area contributed by atoms with Crippen LogP contribution in [0.15, 0.2) is 31.1 Å². The Hall–Kier alpha value is -1.18. The van der Waals surface area contributed by atoms with Gasteiger partial charge in [-0.05, 0) is 19.4 Å². The molecular weight excluding hydrogens is 220 g/mol. The molecule has 0 saturated heterocycles. The first-order valence-electron chi connectivity index (χ1n) is 7.07. The van der Waals surface area contributed by atoms with E-state index < -0.39 is 0 Å². The van der Waals surface area contributed by atoms with Crippen LogP contribution in [0.5, 0.6) is 0 Å². The molecule has 0 spiro atoms. The summed E-state index contributed by atoms with van der Waals surface area (Å²) >= 11 is 0. The highest BCUT2D eigenvalue weighted by atomic mass is 14.8. The van der Waals surface area contributed by atoms with Crippen molar-refractivity contribution in [1.29, 1.82) is 0 Å². The van der Waals surface area contributed by atoms with Crippen LogP contribution in [-0.4, -0.2) is 9.97 Å². The zero-order valence-electron chi connectivity index (χ0n) is 13.2. The Balaban J connectivity index is -0.000000183. The van der Waals surface area contributed by atoms with Crippen LogP contribution in [-0.2, 0) is 0 Å². The van der Waals surface area contributed by atoms with Crippen molar-refractivity contribution in [3.63, 3.8) is 0 Å². The molecule has 106 valence electrons. The van der Waals surface area contributed by atoms with Crippen molar-refractivity contribution in [2.24, 2.45) is 0 Å². The minimum atomic E-state index is 0.822. The Morgan fingerprint density at radius 2 is 1.44 bits per heavy atom. The highest BCUT2D eigenvalue weighted by Crippen LogP contribution is 1.82. The molecule has 0 N–H and O–H groups in total. The second kappa shape index (κ2) is 24.9. The first-order chi connectivity index (χ1) is 8.72. The molecule has 1 rings (SSSR count). The van der Waals surface area contributed by atoms with Crippen molar-refractivity contribution in [1.82, 2.24) is 9.97 Å². The topological polar surface area (TPSA) is 25.8 Å². The number of aromatic nitrogens is 2. The largest absolute Gasteiger partial charge is 0.242 e. The average Bonchev–Trinajstić information content (AvgIpc) is 2.44. The van der Waals surface area contributed by atoms with E-state index in [1.807, 2.05) is 26.8 Å². The lowest BCUT2D eigenvalue weighted by Gasteiger charge is -1.81. The lowest BCUT2D eigenvalue weighted by atomic mass is 10.3. The second-order valence-electron chi connectivity index (χ2n) is 3.37. The third-order valence-electron chi connectivity index (χ3n) is 1.69. The van der Waals surface area contributed by atoms with Crippen LogP contribution < -0.4 is 0 Å². The molecule has 1 heterocycles. The summed E-state index contributed by atoms with van der Waals surface area (Å²) < 4.78 is 0. The first-order valence-corrected chi connectivity index (χ1v) is 7.07. The van der Waals surface area contributed by atoms with Gasteiger partial charge in [-0.15, -0.1) is 6.58 Å². The average molecular weight is 252 g/mol. The molecule has 1 aromatic rings. The number of aryl methyl sites for hydroxylation is 1. The zero-order valence-corrected chi connectivity index (χ0v) is 13.2. The number of unbranched alkanes of at least 4 members (excludes halogenated alkanes) is 2. The molecule has 0 aliphatic carbocycles. The Labute approximate surface area is 115 Å². The molecule has 1 aromatic heterocycles. The molecule has 0 saturated carbocycles. The monoisotopic (exact) mass is 252 g/mol. The first kappa shape index (κ1) is 22.0. The summed E-state index contributed by atoms with van der Waals surface area (Å²) in [4.78, 5) is 7.74. The summed E-state index contributed by atoms with van der Waals surface area (Å²) in [5.41, 5.74) is 0. The van der Waals surface area contributed by atoms with E-state index in [1.54, 1.807) is 18.5 Å². The van der Waals surface area contributed by atoms with Crippen LogP contribution in [0, 0.1) is 6.92 Å². The molecule has 0 unspecified atom stereocenters. The maximum Gasteiger partial charge on any atom is 0.125 e. The smallest absolute Gasteiger partial charge is 0.125 e. The number of hydrogen-bond acceptors (Lipinski definition) is 2. The third kappa shape index (κ3) is 29.4. The minimum absolute atomic E-state index is 0.822. The van der Waals surface area contributed by atoms with Crippen molar-refractivity contribution in [3.8, 4) is 0 Å². The predicted octanol–water partition coefficient (Wildman–Crippen LogP) is 5.59. The highest BCUT2D eigenvalue weighted by Gasteiger charge is 1.74. The molecule has 0 aliphatic heterocycles. The minimum Gasteiger partial charge on any atom is -0.242 e. The van der Waals surface area contributed by atoms with Gasteiger partial charge in [0.1, 0.15) is 5.82 Å². The van der Waals surface area contributed by atoms with Gasteiger partial charge in [0.05, 0.1) is 0 Å². The molecule has 2 heteroatoms. The molecule has 2 nitrogen and oxygen atoms in total. The van der Waals surface area contributed by atoms with Gasteiger partial charge < -0.3 is 0 Å². The van der Waals surface area contributed by atoms with E-state index in [4.69, 9.17) is 0 Å². The Bertz CT molecular complexity index is 218. The number of rotatable bonds is 3. The van der Waals surface area contributed by atoms with Crippen LogP contribution >= 0.6 is 0 Å². The molecule has 0 amide bonds. The fourth-order valence-corrected chi connectivity index (χ4v) is 0.578. The van der Waals surface area contributed by atoms with E-state index >= 15 is 0 Å². The third-order valence-corrected chi connectivity index (χ3v) is 1.69. The van der Waals surface area contributed by atoms with E-state index in [9.17, 15) is 0 Å². The molecule has 0 fully saturated rings. The standard InChI is InChI=1S/C5H6N2.C5H10.C4H10.C2H6/c1-5-6-3-2-4-7-5;1-3-5-4-2;1-3-4-2;1-2/h2-4H,1H3;3H,1,4-5H2,2H3;3-4H2,1-2H3;1-2H3. The Kier molecular flexibility index (Phi) is 30.5. The van der Waals surface area contributed by atoms with Gasteiger partial charge in [-0.2, -0.15) is 0 Å². The van der Waals surface area contributed by atoms with Gasteiger partial charge in [0.15, 0.2) is 0 Å². The van der Waals surface area contributed by atoms with E-state index in [1.165, 1.54) is 19.3 Å². The molecule has 0 radical (unpaired) electrons. The Morgan fingerprint density at radius 1 is 1.00 bits per heavy atom. The fourth-order valence-electron chi connectivity index (χ4n) is 0.578. The van der Waals surface area contributed by atoms with Crippen molar-refractivity contribution in [2.75, 3.05) is 0 Å². The number of hydrogen-bond donors (Lipinski definition) is 0. The summed E-state index contributed by atoms with van der Waals surface area (Å²) in [6.45, 7) is 15.9. The van der Waals surface area contributed by atoms with Gasteiger partial charge in [0, 0.05) is 12.4 Å². The summed E-state index contributed by atoms with van der Waals surface area (Å²) in [7, 11) is 0. The molecule has 0 aromatic carbocycles. The number of allylic oxidation sites excluding steroid dienone is 1. The lowest BCUT2D eigenvalue weighted by molar-refractivity contribution is 0.886. The van der Waals surface area contributed by atoms with Gasteiger partial charge in [-0.25, -0.2) is 9.97 Å².